The Morgan fingerprint density at radius 2 is 1.89 bits per heavy atom. The Kier molecular flexibility index (Phi) is 7.59. The molecule has 2 aromatic carbocycles. The van der Waals surface area contributed by atoms with Crippen LogP contribution < -0.4 is 16.2 Å². The molecular weight excluding hydrogens is 406 g/mol. The summed E-state index contributed by atoms with van der Waals surface area (Å²) in [5.74, 6) is -0.358. The molecule has 1 aromatic heterocycles. The summed E-state index contributed by atoms with van der Waals surface area (Å²) in [5, 5.41) is 17.0. The molecule has 3 rings (SSSR count). The summed E-state index contributed by atoms with van der Waals surface area (Å²) in [6.45, 7) is 0.358. The Balaban J connectivity index is 0.000000640. The average Bonchev–Trinajstić information content (AvgIpc) is 3.13. The van der Waals surface area contributed by atoms with Crippen LogP contribution in [0.2, 0.25) is 5.02 Å². The molecule has 0 saturated heterocycles. The number of nitrogens with one attached hydrogen (secondary N) is 1. The first-order valence-electron chi connectivity index (χ1n) is 7.81. The second-order valence-corrected chi connectivity index (χ2v) is 6.39. The van der Waals surface area contributed by atoms with Crippen molar-refractivity contribution in [1.82, 2.24) is 0 Å². The second-order valence-electron chi connectivity index (χ2n) is 5.46. The maximum atomic E-state index is 11.6. The van der Waals surface area contributed by atoms with Gasteiger partial charge < -0.3 is 25.1 Å². The van der Waals surface area contributed by atoms with Crippen LogP contribution in [-0.2, 0) is 17.8 Å². The van der Waals surface area contributed by atoms with Crippen molar-refractivity contribution in [3.63, 3.8) is 0 Å². The lowest BCUT2D eigenvalue weighted by molar-refractivity contribution is 0.0698. The predicted molar refractivity (Wildman–Crippen MR) is 107 cm³/mol. The van der Waals surface area contributed by atoms with Crippen LogP contribution in [0.25, 0.3) is 11.1 Å². The molecule has 0 bridgehead atoms. The van der Waals surface area contributed by atoms with Gasteiger partial charge in [0.25, 0.3) is 0 Å². The van der Waals surface area contributed by atoms with Crippen LogP contribution in [-0.4, -0.2) is 19.8 Å². The highest BCUT2D eigenvalue weighted by atomic mass is 35.5. The fraction of sp³-hybridized carbons (Fsp3) is 0.0556. The molecule has 28 heavy (non-hydrogen) atoms. The maximum Gasteiger partial charge on any atom is 0.337 e. The molecule has 0 aliphatic carbocycles. The summed E-state index contributed by atoms with van der Waals surface area (Å²) in [5.41, 5.74) is 8.32. The van der Waals surface area contributed by atoms with E-state index in [1.807, 2.05) is 12.1 Å². The van der Waals surface area contributed by atoms with Gasteiger partial charge in [0.05, 0.1) is 29.1 Å². The molecule has 8 nitrogen and oxygen atoms in total. The van der Waals surface area contributed by atoms with E-state index in [9.17, 15) is 9.90 Å². The van der Waals surface area contributed by atoms with Crippen molar-refractivity contribution in [3.8, 4) is 11.1 Å². The van der Waals surface area contributed by atoms with E-state index in [-0.39, 0.29) is 5.56 Å². The predicted octanol–water partition coefficient (Wildman–Crippen LogP) is 3.23. The SMILES string of the molecule is NS(=O)[O-].Nc1ccccc1-c1cc(C(=O)O)c(NCc2ccco2)cc1Cl. The molecule has 1 unspecified atom stereocenters. The average molecular weight is 423 g/mol. The van der Waals surface area contributed by atoms with Crippen molar-refractivity contribution in [2.45, 2.75) is 6.54 Å². The first kappa shape index (κ1) is 21.5. The molecule has 0 aliphatic heterocycles. The third-order valence-corrected chi connectivity index (χ3v) is 3.93. The molecule has 10 heteroatoms. The number of aromatic carboxylic acids is 1. The van der Waals surface area contributed by atoms with Gasteiger partial charge in [0, 0.05) is 28.1 Å². The molecular formula is C18H17ClN3O5S-. The third-order valence-electron chi connectivity index (χ3n) is 3.62. The van der Waals surface area contributed by atoms with E-state index in [2.05, 4.69) is 10.5 Å². The third kappa shape index (κ3) is 5.83. The minimum Gasteiger partial charge on any atom is -0.760 e. The first-order chi connectivity index (χ1) is 13.3. The zero-order valence-electron chi connectivity index (χ0n) is 14.4. The van der Waals surface area contributed by atoms with E-state index in [1.165, 1.54) is 6.07 Å². The van der Waals surface area contributed by atoms with Gasteiger partial charge in [-0.1, -0.05) is 29.8 Å². The van der Waals surface area contributed by atoms with Crippen LogP contribution in [0, 0.1) is 0 Å². The molecule has 0 spiro atoms. The Bertz CT molecular complexity index is 975. The molecule has 0 fully saturated rings. The Labute approximate surface area is 168 Å². The number of anilines is 2. The van der Waals surface area contributed by atoms with Crippen LogP contribution in [0.1, 0.15) is 16.1 Å². The number of benzene rings is 2. The van der Waals surface area contributed by atoms with Gasteiger partial charge in [-0.05, 0) is 30.3 Å². The summed E-state index contributed by atoms with van der Waals surface area (Å²) >= 11 is 4.00. The number of hydrogen-bond donors (Lipinski definition) is 4. The smallest absolute Gasteiger partial charge is 0.337 e. The van der Waals surface area contributed by atoms with Gasteiger partial charge in [-0.15, -0.1) is 0 Å². The first-order valence-corrected chi connectivity index (χ1v) is 9.32. The number of halogens is 1. The van der Waals surface area contributed by atoms with Crippen LogP contribution in [0.4, 0.5) is 11.4 Å². The molecule has 0 amide bonds. The van der Waals surface area contributed by atoms with Crippen molar-refractivity contribution in [1.29, 1.82) is 0 Å². The number of furan rings is 1. The minimum atomic E-state index is -2.36. The largest absolute Gasteiger partial charge is 0.760 e. The highest BCUT2D eigenvalue weighted by Gasteiger charge is 2.16. The zero-order chi connectivity index (χ0) is 20.7. The number of carboxylic acid groups (broad SMARTS) is 1. The maximum absolute atomic E-state index is 11.6. The van der Waals surface area contributed by atoms with Gasteiger partial charge in [-0.25, -0.2) is 4.79 Å². The summed E-state index contributed by atoms with van der Waals surface area (Å²) in [7, 11) is 0. The van der Waals surface area contributed by atoms with Crippen molar-refractivity contribution in [3.05, 3.63) is 71.1 Å². The summed E-state index contributed by atoms with van der Waals surface area (Å²) in [6, 6.07) is 13.9. The number of hydrogen-bond acceptors (Lipinski definition) is 6. The number of para-hydroxylation sites is 1. The standard InChI is InChI=1S/C18H15ClN2O3.H3NO2S/c19-15-9-17(21-10-11-4-3-7-24-11)14(18(22)23)8-13(15)12-5-1-2-6-16(12)20;1-4(2)3/h1-9,21H,10,20H2,(H,22,23);1H2,(H,2,3)/p-1. The van der Waals surface area contributed by atoms with Gasteiger partial charge >= 0.3 is 5.97 Å². The van der Waals surface area contributed by atoms with E-state index < -0.39 is 17.2 Å². The number of carbonyl (C=O) groups is 1. The molecule has 1 atom stereocenters. The molecule has 0 saturated carbocycles. The molecule has 6 N–H and O–H groups in total. The van der Waals surface area contributed by atoms with Crippen molar-refractivity contribution in [2.24, 2.45) is 5.14 Å². The topological polar surface area (TPSA) is 155 Å². The van der Waals surface area contributed by atoms with Crippen molar-refractivity contribution >= 4 is 40.2 Å². The molecule has 0 radical (unpaired) electrons. The summed E-state index contributed by atoms with van der Waals surface area (Å²) < 4.78 is 22.8. The Hall–Kier alpha value is -2.85. The Morgan fingerprint density at radius 3 is 2.46 bits per heavy atom. The fourth-order valence-electron chi connectivity index (χ4n) is 2.44. The van der Waals surface area contributed by atoms with Gasteiger partial charge in [0.2, 0.25) is 0 Å². The monoisotopic (exact) mass is 422 g/mol. The van der Waals surface area contributed by atoms with E-state index in [1.54, 1.807) is 36.6 Å². The quantitative estimate of drug-likeness (QED) is 0.363. The van der Waals surface area contributed by atoms with Gasteiger partial charge in [-0.2, -0.15) is 0 Å². The molecule has 148 valence electrons. The van der Waals surface area contributed by atoms with Gasteiger partial charge in [0.15, 0.2) is 0 Å². The zero-order valence-corrected chi connectivity index (χ0v) is 16.0. The van der Waals surface area contributed by atoms with Crippen LogP contribution in [0.3, 0.4) is 0 Å². The lowest BCUT2D eigenvalue weighted by Gasteiger charge is -2.14. The lowest BCUT2D eigenvalue weighted by Crippen LogP contribution is -2.07. The van der Waals surface area contributed by atoms with E-state index in [0.29, 0.717) is 39.8 Å². The molecule has 0 aliphatic rings. The van der Waals surface area contributed by atoms with Crippen molar-refractivity contribution in [2.75, 3.05) is 11.1 Å². The second kappa shape index (κ2) is 9.90. The van der Waals surface area contributed by atoms with E-state index in [4.69, 9.17) is 30.5 Å². The van der Waals surface area contributed by atoms with Gasteiger partial charge in [0.1, 0.15) is 5.76 Å². The van der Waals surface area contributed by atoms with E-state index >= 15 is 0 Å². The minimum absolute atomic E-state index is 0.115. The van der Waals surface area contributed by atoms with Crippen molar-refractivity contribution < 1.29 is 23.1 Å². The van der Waals surface area contributed by atoms with Crippen LogP contribution >= 0.6 is 11.6 Å². The number of rotatable bonds is 5. The number of carboxylic acids is 1. The molecule has 3 aromatic rings. The van der Waals surface area contributed by atoms with E-state index in [0.717, 1.165) is 0 Å². The van der Waals surface area contributed by atoms with Crippen LogP contribution in [0.5, 0.6) is 0 Å². The molecule has 1 heterocycles. The fourth-order valence-corrected chi connectivity index (χ4v) is 2.71. The van der Waals surface area contributed by atoms with Crippen LogP contribution in [0.15, 0.2) is 59.2 Å². The van der Waals surface area contributed by atoms with Gasteiger partial charge in [-0.3, -0.25) is 9.35 Å². The highest BCUT2D eigenvalue weighted by molar-refractivity contribution is 7.76. The lowest BCUT2D eigenvalue weighted by atomic mass is 10.00. The summed E-state index contributed by atoms with van der Waals surface area (Å²) in [4.78, 5) is 11.6. The summed E-state index contributed by atoms with van der Waals surface area (Å²) in [6.07, 6.45) is 1.56. The normalized spacial score (nSPS) is 11.2. The number of nitrogens with two attached hydrogens (primary N) is 2. The Morgan fingerprint density at radius 1 is 1.21 bits per heavy atom. The number of nitrogen functional groups attached to an aromatic ring is 1. The highest BCUT2D eigenvalue weighted by Crippen LogP contribution is 2.36.